The van der Waals surface area contributed by atoms with E-state index in [0.29, 0.717) is 17.0 Å². The van der Waals surface area contributed by atoms with Gasteiger partial charge in [0, 0.05) is 31.9 Å². The molecule has 2 atom stereocenters. The summed E-state index contributed by atoms with van der Waals surface area (Å²) in [5.41, 5.74) is 0.330. The first-order valence-electron chi connectivity index (χ1n) is 11.9. The molecule has 2 aliphatic heterocycles. The SMILES string of the molecule is CCN1CCN(C(=O)NC(C(=O)C[C@H]2Cc3cccc(C(=O)O)c3OB2O)c2ccc(F)cn2)C(=O)C1=O. The predicted octanol–water partition coefficient (Wildman–Crippen LogP) is 0.805. The fraction of sp³-hybridized carbons (Fsp3) is 0.333. The fourth-order valence-electron chi connectivity index (χ4n) is 4.45. The standard InChI is InChI=1S/C24H24BFN4O8/c1-2-29-8-9-30(22(33)21(29)32)24(36)28-19(17-7-6-15(26)12-27-17)18(31)11-14-10-13-4-3-5-16(23(34)35)20(13)38-25(14)37/h3-7,12,14,19,37H,2,8-11H2,1H3,(H,28,36)(H,34,35)/t14-,19?/m1/s1. The average molecular weight is 526 g/mol. The number of amides is 4. The van der Waals surface area contributed by atoms with Crippen LogP contribution in [0.3, 0.4) is 0 Å². The average Bonchev–Trinajstić information content (AvgIpc) is 2.89. The Bertz CT molecular complexity index is 1290. The van der Waals surface area contributed by atoms with Gasteiger partial charge in [-0.3, -0.25) is 24.3 Å². The number of fused-ring (bicyclic) bond motifs is 1. The van der Waals surface area contributed by atoms with Crippen LogP contribution in [0.2, 0.25) is 5.82 Å². The van der Waals surface area contributed by atoms with Crippen LogP contribution in [0.5, 0.6) is 5.75 Å². The lowest BCUT2D eigenvalue weighted by Gasteiger charge is -2.33. The van der Waals surface area contributed by atoms with E-state index >= 15 is 0 Å². The van der Waals surface area contributed by atoms with E-state index < -0.39 is 54.4 Å². The number of nitrogens with one attached hydrogen (secondary N) is 1. The number of Topliss-reactive ketones (excluding diaryl/α,β-unsaturated/α-hetero) is 1. The molecule has 0 radical (unpaired) electrons. The zero-order valence-electron chi connectivity index (χ0n) is 20.3. The summed E-state index contributed by atoms with van der Waals surface area (Å²) in [5.74, 6) is -5.24. The number of pyridine rings is 1. The highest BCUT2D eigenvalue weighted by Crippen LogP contribution is 2.37. The summed E-state index contributed by atoms with van der Waals surface area (Å²) < 4.78 is 18.9. The number of ketones is 1. The largest absolute Gasteiger partial charge is 0.535 e. The fourth-order valence-corrected chi connectivity index (χ4v) is 4.45. The minimum Gasteiger partial charge on any atom is -0.535 e. The lowest BCUT2D eigenvalue weighted by atomic mass is 9.64. The van der Waals surface area contributed by atoms with E-state index in [-0.39, 0.29) is 42.9 Å². The summed E-state index contributed by atoms with van der Waals surface area (Å²) in [4.78, 5) is 68.4. The van der Waals surface area contributed by atoms with Crippen LogP contribution in [0.4, 0.5) is 9.18 Å². The summed E-state index contributed by atoms with van der Waals surface area (Å²) >= 11 is 0. The van der Waals surface area contributed by atoms with Crippen LogP contribution in [-0.4, -0.2) is 81.3 Å². The number of rotatable bonds is 7. The van der Waals surface area contributed by atoms with Crippen molar-refractivity contribution < 1.29 is 43.1 Å². The summed E-state index contributed by atoms with van der Waals surface area (Å²) in [7, 11) is -1.52. The highest BCUT2D eigenvalue weighted by Gasteiger charge is 2.41. The number of aromatic nitrogens is 1. The maximum atomic E-state index is 13.5. The van der Waals surface area contributed by atoms with Gasteiger partial charge in [0.1, 0.15) is 17.6 Å². The molecule has 1 fully saturated rings. The van der Waals surface area contributed by atoms with Crippen molar-refractivity contribution in [3.05, 3.63) is 59.2 Å². The van der Waals surface area contributed by atoms with Gasteiger partial charge in [-0.2, -0.15) is 0 Å². The molecule has 198 valence electrons. The molecule has 38 heavy (non-hydrogen) atoms. The number of carboxylic acids is 1. The Morgan fingerprint density at radius 3 is 2.63 bits per heavy atom. The molecule has 0 aliphatic carbocycles. The van der Waals surface area contributed by atoms with Crippen LogP contribution >= 0.6 is 0 Å². The number of para-hydroxylation sites is 1. The van der Waals surface area contributed by atoms with Gasteiger partial charge in [0.15, 0.2) is 5.78 Å². The quantitative estimate of drug-likeness (QED) is 0.350. The Labute approximate surface area is 216 Å². The molecular weight excluding hydrogens is 502 g/mol. The number of imide groups is 1. The molecule has 1 saturated heterocycles. The van der Waals surface area contributed by atoms with E-state index in [1.165, 1.54) is 23.1 Å². The van der Waals surface area contributed by atoms with Gasteiger partial charge < -0.3 is 25.0 Å². The summed E-state index contributed by atoms with van der Waals surface area (Å²) in [6.07, 6.45) is 0.629. The number of aromatic carboxylic acids is 1. The highest BCUT2D eigenvalue weighted by molar-refractivity contribution is 6.47. The van der Waals surface area contributed by atoms with Crippen LogP contribution in [0.15, 0.2) is 36.5 Å². The first-order chi connectivity index (χ1) is 18.1. The number of hydrogen-bond donors (Lipinski definition) is 3. The van der Waals surface area contributed by atoms with E-state index in [1.807, 2.05) is 0 Å². The molecule has 14 heteroatoms. The number of piperazine rings is 1. The molecule has 4 amide bonds. The van der Waals surface area contributed by atoms with E-state index in [2.05, 4.69) is 10.3 Å². The third kappa shape index (κ3) is 5.34. The van der Waals surface area contributed by atoms with Gasteiger partial charge in [-0.05, 0) is 37.1 Å². The molecule has 1 aromatic carbocycles. The van der Waals surface area contributed by atoms with Gasteiger partial charge in [-0.1, -0.05) is 12.1 Å². The lowest BCUT2D eigenvalue weighted by molar-refractivity contribution is -0.153. The van der Waals surface area contributed by atoms with Crippen molar-refractivity contribution >= 4 is 36.7 Å². The van der Waals surface area contributed by atoms with E-state index in [0.717, 1.165) is 12.3 Å². The Balaban J connectivity index is 1.54. The van der Waals surface area contributed by atoms with Crippen molar-refractivity contribution in [3.63, 3.8) is 0 Å². The molecule has 3 heterocycles. The van der Waals surface area contributed by atoms with Crippen molar-refractivity contribution in [1.82, 2.24) is 20.1 Å². The lowest BCUT2D eigenvalue weighted by Crippen LogP contribution is -2.58. The number of carbonyl (C=O) groups excluding carboxylic acids is 4. The third-order valence-electron chi connectivity index (χ3n) is 6.49. The Morgan fingerprint density at radius 1 is 1.21 bits per heavy atom. The van der Waals surface area contributed by atoms with E-state index in [9.17, 15) is 38.5 Å². The minimum absolute atomic E-state index is 0.00986. The molecule has 2 aliphatic rings. The number of hydrogen-bond acceptors (Lipinski definition) is 8. The number of nitrogens with zero attached hydrogens (tertiary/aromatic N) is 3. The molecule has 0 spiro atoms. The molecule has 3 N–H and O–H groups in total. The van der Waals surface area contributed by atoms with Gasteiger partial charge in [0.2, 0.25) is 0 Å². The molecule has 4 rings (SSSR count). The minimum atomic E-state index is -1.52. The third-order valence-corrected chi connectivity index (χ3v) is 6.49. The van der Waals surface area contributed by atoms with Crippen LogP contribution in [0.1, 0.15) is 41.0 Å². The summed E-state index contributed by atoms with van der Waals surface area (Å²) in [6, 6.07) is 4.27. The van der Waals surface area contributed by atoms with Crippen molar-refractivity contribution in [2.75, 3.05) is 19.6 Å². The van der Waals surface area contributed by atoms with Gasteiger partial charge >= 0.3 is 30.9 Å². The second-order valence-corrected chi connectivity index (χ2v) is 8.87. The molecule has 12 nitrogen and oxygen atoms in total. The van der Waals surface area contributed by atoms with Gasteiger partial charge in [0.25, 0.3) is 0 Å². The van der Waals surface area contributed by atoms with Crippen molar-refractivity contribution in [3.8, 4) is 5.75 Å². The maximum Gasteiger partial charge on any atom is 0.526 e. The molecular formula is C24H24BFN4O8. The van der Waals surface area contributed by atoms with Crippen LogP contribution in [0.25, 0.3) is 0 Å². The van der Waals surface area contributed by atoms with Crippen molar-refractivity contribution in [1.29, 1.82) is 0 Å². The number of carboxylic acid groups (broad SMARTS) is 1. The van der Waals surface area contributed by atoms with Crippen LogP contribution in [-0.2, 0) is 20.8 Å². The molecule has 1 unspecified atom stereocenters. The predicted molar refractivity (Wildman–Crippen MR) is 129 cm³/mol. The monoisotopic (exact) mass is 526 g/mol. The molecule has 1 aromatic heterocycles. The number of benzene rings is 1. The zero-order valence-corrected chi connectivity index (χ0v) is 20.3. The Hall–Kier alpha value is -4.33. The van der Waals surface area contributed by atoms with Gasteiger partial charge in [0.05, 0.1) is 17.5 Å². The highest BCUT2D eigenvalue weighted by atomic mass is 19.1. The van der Waals surface area contributed by atoms with E-state index in [1.54, 1.807) is 13.0 Å². The van der Waals surface area contributed by atoms with Crippen LogP contribution < -0.4 is 9.97 Å². The summed E-state index contributed by atoms with van der Waals surface area (Å²) in [5, 5.41) is 22.3. The smallest absolute Gasteiger partial charge is 0.526 e. The zero-order chi connectivity index (χ0) is 27.6. The van der Waals surface area contributed by atoms with Gasteiger partial charge in [-0.15, -0.1) is 0 Å². The van der Waals surface area contributed by atoms with Gasteiger partial charge in [-0.25, -0.2) is 14.0 Å². The molecule has 0 bridgehead atoms. The van der Waals surface area contributed by atoms with Crippen molar-refractivity contribution in [2.24, 2.45) is 0 Å². The second kappa shape index (κ2) is 11.0. The second-order valence-electron chi connectivity index (χ2n) is 8.87. The normalized spacial score (nSPS) is 18.0. The number of likely N-dealkylation sites (N-methyl/N-ethyl adjacent to an activating group) is 1. The van der Waals surface area contributed by atoms with Crippen LogP contribution in [0, 0.1) is 5.82 Å². The number of urea groups is 1. The molecule has 2 aromatic rings. The Kier molecular flexibility index (Phi) is 7.71. The summed E-state index contributed by atoms with van der Waals surface area (Å²) in [6.45, 7) is 2.04. The van der Waals surface area contributed by atoms with Crippen molar-refractivity contribution in [2.45, 2.75) is 31.6 Å². The number of carbonyl (C=O) groups is 5. The van der Waals surface area contributed by atoms with E-state index in [4.69, 9.17) is 4.65 Å². The number of halogens is 1. The first-order valence-corrected chi connectivity index (χ1v) is 11.9. The maximum absolute atomic E-state index is 13.5. The first kappa shape index (κ1) is 26.7. The topological polar surface area (TPSA) is 166 Å². The molecule has 0 saturated carbocycles. The Morgan fingerprint density at radius 2 is 1.97 bits per heavy atom.